The van der Waals surface area contributed by atoms with Gasteiger partial charge in [0.25, 0.3) is 0 Å². The normalized spacial score (nSPS) is 15.4. The number of aryl methyl sites for hydroxylation is 1. The molecule has 1 aliphatic rings. The molecule has 0 bridgehead atoms. The van der Waals surface area contributed by atoms with Crippen LogP contribution in [0.2, 0.25) is 0 Å². The van der Waals surface area contributed by atoms with E-state index in [1.54, 1.807) is 6.20 Å². The molecule has 9 heteroatoms. The number of hydrogen-bond acceptors (Lipinski definition) is 6. The Balaban J connectivity index is 1.21. The van der Waals surface area contributed by atoms with Gasteiger partial charge in [-0.05, 0) is 72.4 Å². The molecule has 5 aromatic rings. The van der Waals surface area contributed by atoms with E-state index in [2.05, 4.69) is 50.5 Å². The van der Waals surface area contributed by atoms with Crippen LogP contribution < -0.4 is 5.32 Å². The number of nitrogens with zero attached hydrogens (tertiary/aromatic N) is 4. The molecule has 3 heterocycles. The summed E-state index contributed by atoms with van der Waals surface area (Å²) >= 11 is 1.46. The number of halogens is 3. The zero-order valence-electron chi connectivity index (χ0n) is 22.4. The van der Waals surface area contributed by atoms with Crippen molar-refractivity contribution in [3.8, 4) is 0 Å². The van der Waals surface area contributed by atoms with Crippen LogP contribution in [-0.2, 0) is 38.8 Å². The highest BCUT2D eigenvalue weighted by Crippen LogP contribution is 2.37. The highest BCUT2D eigenvalue weighted by atomic mass is 32.1. The van der Waals surface area contributed by atoms with E-state index in [0.29, 0.717) is 25.2 Å². The standard InChI is InChI=1S/C32H30F3N5S/c33-32(34,35)25-13-14-29-27(17-25)39-30(41-29)21-40(28-8-3-5-24-6-4-16-38-31(24)28)20-23-11-9-22(10-12-23)18-36-19-26-7-1-2-15-37-26/h1-2,4,6-7,9-17,28,36H,3,5,8,18-21H2. The first kappa shape index (κ1) is 27.5. The fourth-order valence-electron chi connectivity index (χ4n) is 5.44. The fraction of sp³-hybridized carbons (Fsp3) is 0.281. The molecule has 1 unspecified atom stereocenters. The van der Waals surface area contributed by atoms with Crippen molar-refractivity contribution < 1.29 is 13.2 Å². The molecule has 0 saturated heterocycles. The van der Waals surface area contributed by atoms with E-state index in [1.165, 1.54) is 34.1 Å². The molecule has 1 atom stereocenters. The summed E-state index contributed by atoms with van der Waals surface area (Å²) in [5, 5.41) is 4.24. The van der Waals surface area contributed by atoms with Crippen LogP contribution in [0.1, 0.15) is 57.5 Å². The van der Waals surface area contributed by atoms with E-state index in [0.717, 1.165) is 59.0 Å². The first-order valence-corrected chi connectivity index (χ1v) is 14.6. The van der Waals surface area contributed by atoms with Crippen molar-refractivity contribution >= 4 is 21.6 Å². The van der Waals surface area contributed by atoms with Crippen molar-refractivity contribution in [2.45, 2.75) is 57.7 Å². The number of fused-ring (bicyclic) bond motifs is 2. The van der Waals surface area contributed by atoms with Gasteiger partial charge in [0.2, 0.25) is 0 Å². The smallest absolute Gasteiger partial charge is 0.307 e. The summed E-state index contributed by atoms with van der Waals surface area (Å²) in [5.41, 5.74) is 5.44. The lowest BCUT2D eigenvalue weighted by atomic mass is 9.90. The maximum absolute atomic E-state index is 13.3. The molecule has 0 radical (unpaired) electrons. The van der Waals surface area contributed by atoms with Gasteiger partial charge >= 0.3 is 6.18 Å². The van der Waals surface area contributed by atoms with E-state index in [-0.39, 0.29) is 6.04 Å². The SMILES string of the molecule is FC(F)(F)c1ccc2sc(CN(Cc3ccc(CNCc4ccccn4)cc3)C3CCCc4cccnc43)nc2c1. The van der Waals surface area contributed by atoms with Gasteiger partial charge < -0.3 is 5.32 Å². The van der Waals surface area contributed by atoms with Gasteiger partial charge in [-0.1, -0.05) is 36.4 Å². The molecule has 6 rings (SSSR count). The summed E-state index contributed by atoms with van der Waals surface area (Å²) < 4.78 is 40.6. The monoisotopic (exact) mass is 573 g/mol. The summed E-state index contributed by atoms with van der Waals surface area (Å²) in [5.74, 6) is 0. The second kappa shape index (κ2) is 12.1. The Kier molecular flexibility index (Phi) is 8.09. The van der Waals surface area contributed by atoms with E-state index in [4.69, 9.17) is 4.98 Å². The topological polar surface area (TPSA) is 53.9 Å². The second-order valence-corrected chi connectivity index (χ2v) is 11.5. The van der Waals surface area contributed by atoms with Gasteiger partial charge in [-0.25, -0.2) is 4.98 Å². The molecule has 0 spiro atoms. The van der Waals surface area contributed by atoms with Crippen LogP contribution in [0, 0.1) is 0 Å². The van der Waals surface area contributed by atoms with Gasteiger partial charge in [0.1, 0.15) is 5.01 Å². The zero-order valence-corrected chi connectivity index (χ0v) is 23.3. The molecule has 210 valence electrons. The van der Waals surface area contributed by atoms with Crippen LogP contribution in [0.4, 0.5) is 13.2 Å². The lowest BCUT2D eigenvalue weighted by Gasteiger charge is -2.34. The van der Waals surface area contributed by atoms with E-state index in [9.17, 15) is 13.2 Å². The predicted molar refractivity (Wildman–Crippen MR) is 155 cm³/mol. The Hall–Kier alpha value is -3.66. The van der Waals surface area contributed by atoms with Gasteiger partial charge in [-0.3, -0.25) is 14.9 Å². The third-order valence-corrected chi connectivity index (χ3v) is 8.49. The number of alkyl halides is 3. The molecule has 2 aromatic carbocycles. The summed E-state index contributed by atoms with van der Waals surface area (Å²) in [4.78, 5) is 16.1. The molecular weight excluding hydrogens is 543 g/mol. The predicted octanol–water partition coefficient (Wildman–Crippen LogP) is 7.47. The Labute approximate surface area is 241 Å². The number of aromatic nitrogens is 3. The number of thiazole rings is 1. The van der Waals surface area contributed by atoms with Crippen molar-refractivity contribution in [1.29, 1.82) is 0 Å². The number of pyridine rings is 2. The van der Waals surface area contributed by atoms with Crippen molar-refractivity contribution in [1.82, 2.24) is 25.2 Å². The largest absolute Gasteiger partial charge is 0.416 e. The number of hydrogen-bond donors (Lipinski definition) is 1. The quantitative estimate of drug-likeness (QED) is 0.198. The molecule has 3 aromatic heterocycles. The van der Waals surface area contributed by atoms with Crippen LogP contribution in [0.25, 0.3) is 10.2 Å². The van der Waals surface area contributed by atoms with Crippen molar-refractivity contribution in [2.75, 3.05) is 0 Å². The first-order chi connectivity index (χ1) is 19.9. The summed E-state index contributed by atoms with van der Waals surface area (Å²) in [6.07, 6.45) is 2.30. The van der Waals surface area contributed by atoms with Gasteiger partial charge in [-0.15, -0.1) is 11.3 Å². The zero-order chi connectivity index (χ0) is 28.2. The van der Waals surface area contributed by atoms with Gasteiger partial charge in [-0.2, -0.15) is 13.2 Å². The number of nitrogens with one attached hydrogen (secondary N) is 1. The van der Waals surface area contributed by atoms with Crippen LogP contribution in [0.15, 0.2) is 85.2 Å². The molecule has 41 heavy (non-hydrogen) atoms. The van der Waals surface area contributed by atoms with Crippen molar-refractivity contribution in [3.63, 3.8) is 0 Å². The summed E-state index contributed by atoms with van der Waals surface area (Å²) in [6.45, 7) is 2.67. The van der Waals surface area contributed by atoms with Crippen LogP contribution in [-0.4, -0.2) is 19.9 Å². The average Bonchev–Trinajstić information content (AvgIpc) is 3.39. The highest BCUT2D eigenvalue weighted by Gasteiger charge is 2.31. The number of rotatable bonds is 9. The van der Waals surface area contributed by atoms with Crippen molar-refractivity contribution in [3.05, 3.63) is 124 Å². The van der Waals surface area contributed by atoms with Gasteiger partial charge in [0, 0.05) is 32.0 Å². The molecule has 0 saturated carbocycles. The molecule has 0 aliphatic heterocycles. The fourth-order valence-corrected chi connectivity index (χ4v) is 6.42. The minimum atomic E-state index is -4.39. The molecule has 1 N–H and O–H groups in total. The average molecular weight is 574 g/mol. The minimum absolute atomic E-state index is 0.109. The first-order valence-electron chi connectivity index (χ1n) is 13.8. The lowest BCUT2D eigenvalue weighted by molar-refractivity contribution is -0.137. The third kappa shape index (κ3) is 6.64. The third-order valence-electron chi connectivity index (χ3n) is 7.47. The second-order valence-electron chi connectivity index (χ2n) is 10.4. The molecule has 0 amide bonds. The Bertz CT molecular complexity index is 1600. The molecule has 0 fully saturated rings. The lowest BCUT2D eigenvalue weighted by Crippen LogP contribution is -2.31. The van der Waals surface area contributed by atoms with Crippen LogP contribution in [0.3, 0.4) is 0 Å². The maximum Gasteiger partial charge on any atom is 0.416 e. The molecule has 5 nitrogen and oxygen atoms in total. The highest BCUT2D eigenvalue weighted by molar-refractivity contribution is 7.18. The Morgan fingerprint density at radius 2 is 1.71 bits per heavy atom. The number of benzene rings is 2. The Morgan fingerprint density at radius 3 is 2.51 bits per heavy atom. The van der Waals surface area contributed by atoms with Crippen LogP contribution in [0.5, 0.6) is 0 Å². The van der Waals surface area contributed by atoms with E-state index in [1.807, 2.05) is 30.5 Å². The molecule has 1 aliphatic carbocycles. The van der Waals surface area contributed by atoms with E-state index >= 15 is 0 Å². The van der Waals surface area contributed by atoms with Gasteiger partial charge in [0.15, 0.2) is 0 Å². The summed E-state index contributed by atoms with van der Waals surface area (Å²) in [7, 11) is 0. The van der Waals surface area contributed by atoms with Crippen molar-refractivity contribution in [2.24, 2.45) is 0 Å². The van der Waals surface area contributed by atoms with E-state index < -0.39 is 11.7 Å². The Morgan fingerprint density at radius 1 is 0.878 bits per heavy atom. The van der Waals surface area contributed by atoms with Crippen LogP contribution >= 0.6 is 11.3 Å². The molecular formula is C32H30F3N5S. The maximum atomic E-state index is 13.3. The summed E-state index contributed by atoms with van der Waals surface area (Å²) in [6, 6.07) is 22.5. The minimum Gasteiger partial charge on any atom is -0.307 e. The van der Waals surface area contributed by atoms with Gasteiger partial charge in [0.05, 0.1) is 39.8 Å².